The van der Waals surface area contributed by atoms with Crippen molar-refractivity contribution in [3.05, 3.63) is 94.7 Å². The summed E-state index contributed by atoms with van der Waals surface area (Å²) in [5, 5.41) is 7.73. The number of aromatic nitrogens is 2. The molecule has 2 aromatic carbocycles. The van der Waals surface area contributed by atoms with E-state index in [4.69, 9.17) is 22.2 Å². The van der Waals surface area contributed by atoms with E-state index in [0.29, 0.717) is 11.7 Å². The minimum absolute atomic E-state index is 0. The van der Waals surface area contributed by atoms with Crippen LogP contribution in [0.15, 0.2) is 66.9 Å². The third-order valence-corrected chi connectivity index (χ3v) is 5.05. The maximum absolute atomic E-state index is 5.25. The molecule has 0 radical (unpaired) electrons. The molecule has 0 saturated heterocycles. The Bertz CT molecular complexity index is 1120. The maximum Gasteiger partial charge on any atom is 1.00 e. The van der Waals surface area contributed by atoms with Crippen LogP contribution in [0.3, 0.4) is 0 Å². The van der Waals surface area contributed by atoms with Gasteiger partial charge in [-0.2, -0.15) is 0 Å². The first-order valence-electron chi connectivity index (χ1n) is 10.3. The molecule has 0 saturated carbocycles. The number of thiocarbonyl (C=S) groups is 1. The first kappa shape index (κ1) is 27.0. The minimum Gasteiger partial charge on any atom is -0.457 e. The average molecular weight is 561 g/mol. The summed E-state index contributed by atoms with van der Waals surface area (Å²) >= 11 is 5.25. The summed E-state index contributed by atoms with van der Waals surface area (Å²) in [6.07, 6.45) is 3.61. The van der Waals surface area contributed by atoms with Crippen LogP contribution in [0.5, 0.6) is 0 Å². The van der Waals surface area contributed by atoms with E-state index in [1.54, 1.807) is 6.08 Å². The fraction of sp³-hybridized carbons (Fsp3) is 0.192. The first-order chi connectivity index (χ1) is 14.9. The molecule has 0 spiro atoms. The summed E-state index contributed by atoms with van der Waals surface area (Å²) in [5.41, 5.74) is 8.49. The van der Waals surface area contributed by atoms with E-state index in [9.17, 15) is 0 Å². The molecule has 0 amide bonds. The standard InChI is InChI=1S/C26H28N4S.Cs/c1-6-22(29-26(31)27-7-2)16-23-19(5)28-24(20-12-8-17(3)9-13-20)25(30-23)21-14-10-18(4)11-15-21;/h6,8-16H,1,7H2,2-5H3,(H2,27,29,30,31);/q;+1/p-1. The maximum atomic E-state index is 5.25. The van der Waals surface area contributed by atoms with Crippen molar-refractivity contribution in [2.75, 3.05) is 6.54 Å². The van der Waals surface area contributed by atoms with Crippen molar-refractivity contribution in [1.29, 1.82) is 0 Å². The van der Waals surface area contributed by atoms with E-state index < -0.39 is 0 Å². The van der Waals surface area contributed by atoms with Crippen molar-refractivity contribution in [3.63, 3.8) is 0 Å². The van der Waals surface area contributed by atoms with Crippen molar-refractivity contribution in [1.82, 2.24) is 15.3 Å². The summed E-state index contributed by atoms with van der Waals surface area (Å²) in [5.74, 6) is 0. The quantitative estimate of drug-likeness (QED) is 0.371. The zero-order valence-corrected chi connectivity index (χ0v) is 26.5. The van der Waals surface area contributed by atoms with Gasteiger partial charge in [-0.1, -0.05) is 98.0 Å². The van der Waals surface area contributed by atoms with Crippen LogP contribution in [0.2, 0.25) is 0 Å². The van der Waals surface area contributed by atoms with Gasteiger partial charge in [0.1, 0.15) is 0 Å². The van der Waals surface area contributed by atoms with Crippen molar-refractivity contribution in [2.45, 2.75) is 27.7 Å². The van der Waals surface area contributed by atoms with Gasteiger partial charge in [0.05, 0.1) is 22.8 Å². The molecule has 0 bridgehead atoms. The van der Waals surface area contributed by atoms with Crippen LogP contribution in [0.25, 0.3) is 33.9 Å². The topological polar surface area (TPSA) is 51.9 Å². The van der Waals surface area contributed by atoms with E-state index in [1.165, 1.54) is 11.1 Å². The van der Waals surface area contributed by atoms with Gasteiger partial charge in [0.25, 0.3) is 0 Å². The molecule has 1 heterocycles. The van der Waals surface area contributed by atoms with Gasteiger partial charge >= 0.3 is 68.9 Å². The number of hydrogen-bond donors (Lipinski definition) is 1. The van der Waals surface area contributed by atoms with Crippen LogP contribution >= 0.6 is 12.2 Å². The largest absolute Gasteiger partial charge is 1.00 e. The van der Waals surface area contributed by atoms with E-state index >= 15 is 0 Å². The van der Waals surface area contributed by atoms with Gasteiger partial charge in [-0.05, 0) is 32.5 Å². The SMILES string of the molecule is C=C/C(=C\c1nc(-c2ccc(C)cc2)c(-c2ccc(C)cc2)nc1C)NC(=S)[N-]CC.[Cs+]. The molecule has 3 aromatic rings. The van der Waals surface area contributed by atoms with Crippen LogP contribution in [-0.4, -0.2) is 21.6 Å². The second-order valence-corrected chi connectivity index (χ2v) is 7.72. The van der Waals surface area contributed by atoms with Gasteiger partial charge in [0.15, 0.2) is 0 Å². The number of rotatable bonds is 6. The molecule has 4 nitrogen and oxygen atoms in total. The first-order valence-corrected chi connectivity index (χ1v) is 10.7. The molecule has 3 rings (SSSR count). The fourth-order valence-electron chi connectivity index (χ4n) is 3.09. The van der Waals surface area contributed by atoms with Crippen LogP contribution in [0.4, 0.5) is 0 Å². The van der Waals surface area contributed by atoms with Gasteiger partial charge in [-0.3, -0.25) is 0 Å². The number of hydrogen-bond acceptors (Lipinski definition) is 3. The summed E-state index contributed by atoms with van der Waals surface area (Å²) in [6, 6.07) is 16.7. The Kier molecular flexibility index (Phi) is 10.8. The Balaban J connectivity index is 0.00000363. The molecule has 1 N–H and O–H groups in total. The molecule has 0 fully saturated rings. The molecular formula is C26H27CsN4S. The molecule has 0 aliphatic heterocycles. The molecule has 0 unspecified atom stereocenters. The summed E-state index contributed by atoms with van der Waals surface area (Å²) in [6.45, 7) is 12.6. The molecule has 158 valence electrons. The molecule has 0 aliphatic rings. The van der Waals surface area contributed by atoms with E-state index in [0.717, 1.165) is 39.6 Å². The van der Waals surface area contributed by atoms with Crippen LogP contribution in [0, 0.1) is 20.8 Å². The second-order valence-electron chi connectivity index (χ2n) is 7.33. The van der Waals surface area contributed by atoms with E-state index in [1.807, 2.05) is 19.9 Å². The third kappa shape index (κ3) is 7.12. The van der Waals surface area contributed by atoms with Crippen molar-refractivity contribution >= 4 is 23.4 Å². The zero-order valence-electron chi connectivity index (χ0n) is 19.4. The molecule has 0 atom stereocenters. The normalized spacial score (nSPS) is 10.8. The predicted molar refractivity (Wildman–Crippen MR) is 135 cm³/mol. The van der Waals surface area contributed by atoms with Gasteiger partial charge in [-0.15, -0.1) is 0 Å². The minimum atomic E-state index is 0. The smallest absolute Gasteiger partial charge is 0.457 e. The monoisotopic (exact) mass is 560 g/mol. The Morgan fingerprint density at radius 1 is 0.938 bits per heavy atom. The van der Waals surface area contributed by atoms with Gasteiger partial charge in [0, 0.05) is 16.2 Å². The molecule has 0 aliphatic carbocycles. The Hall–Kier alpha value is -1.26. The van der Waals surface area contributed by atoms with Crippen LogP contribution in [-0.2, 0) is 0 Å². The number of nitrogens with one attached hydrogen (secondary N) is 1. The Morgan fingerprint density at radius 2 is 1.44 bits per heavy atom. The summed E-state index contributed by atoms with van der Waals surface area (Å²) < 4.78 is 0. The summed E-state index contributed by atoms with van der Waals surface area (Å²) in [4.78, 5) is 9.96. The van der Waals surface area contributed by atoms with Gasteiger partial charge in [-0.25, -0.2) is 9.97 Å². The summed E-state index contributed by atoms with van der Waals surface area (Å²) in [7, 11) is 0. The predicted octanol–water partition coefficient (Wildman–Crippen LogP) is 3.53. The third-order valence-electron chi connectivity index (χ3n) is 4.82. The fourth-order valence-corrected chi connectivity index (χ4v) is 3.34. The molecule has 32 heavy (non-hydrogen) atoms. The van der Waals surface area contributed by atoms with E-state index in [2.05, 4.69) is 79.6 Å². The van der Waals surface area contributed by atoms with E-state index in [-0.39, 0.29) is 68.9 Å². The number of aryl methyl sites for hydroxylation is 3. The molecular weight excluding hydrogens is 533 g/mol. The Labute approximate surface area is 255 Å². The molecule has 6 heteroatoms. The van der Waals surface area contributed by atoms with Crippen molar-refractivity contribution < 1.29 is 68.9 Å². The average Bonchev–Trinajstić information content (AvgIpc) is 2.75. The van der Waals surface area contributed by atoms with Gasteiger partial charge < -0.3 is 10.6 Å². The second kappa shape index (κ2) is 12.8. The number of nitrogens with zero attached hydrogens (tertiary/aromatic N) is 3. The molecule has 1 aromatic heterocycles. The Morgan fingerprint density at radius 3 is 1.91 bits per heavy atom. The van der Waals surface area contributed by atoms with Gasteiger partial charge in [0.2, 0.25) is 0 Å². The number of benzene rings is 2. The van der Waals surface area contributed by atoms with Crippen LogP contribution < -0.4 is 74.2 Å². The van der Waals surface area contributed by atoms with Crippen LogP contribution in [0.1, 0.15) is 29.4 Å². The zero-order chi connectivity index (χ0) is 22.4. The number of allylic oxidation sites excluding steroid dienone is 1. The van der Waals surface area contributed by atoms with Crippen molar-refractivity contribution in [3.8, 4) is 22.5 Å². The van der Waals surface area contributed by atoms with Crippen molar-refractivity contribution in [2.24, 2.45) is 0 Å².